The summed E-state index contributed by atoms with van der Waals surface area (Å²) >= 11 is 0. The number of benzene rings is 1. The molecule has 0 saturated heterocycles. The van der Waals surface area contributed by atoms with Crippen LogP contribution in [0, 0.1) is 0 Å². The minimum atomic E-state index is -5.04. The van der Waals surface area contributed by atoms with Crippen LogP contribution in [0.2, 0.25) is 0 Å². The van der Waals surface area contributed by atoms with Crippen molar-refractivity contribution in [1.82, 2.24) is 9.97 Å². The smallest absolute Gasteiger partial charge is 0.416 e. The molecule has 0 fully saturated rings. The van der Waals surface area contributed by atoms with Crippen molar-refractivity contribution in [2.45, 2.75) is 12.4 Å². The Morgan fingerprint density at radius 2 is 1.50 bits per heavy atom. The summed E-state index contributed by atoms with van der Waals surface area (Å²) in [4.78, 5) is 19.5. The third-order valence-corrected chi connectivity index (χ3v) is 3.20. The maximum absolute atomic E-state index is 12.8. The molecule has 0 spiro atoms. The number of rotatable bonds is 4. The number of amides is 2. The average molecular weight is 410 g/mol. The van der Waals surface area contributed by atoms with Crippen LogP contribution in [0.15, 0.2) is 24.4 Å². The lowest BCUT2D eigenvalue weighted by atomic mass is 10.1. The minimum absolute atomic E-state index is 0.0522. The monoisotopic (exact) mass is 410 g/mol. The van der Waals surface area contributed by atoms with E-state index in [0.717, 1.165) is 6.20 Å². The number of anilines is 2. The fourth-order valence-corrected chi connectivity index (χ4v) is 2.00. The molecule has 0 bridgehead atoms. The molecule has 0 aliphatic rings. The van der Waals surface area contributed by atoms with Crippen LogP contribution in [0.3, 0.4) is 0 Å². The number of halogens is 6. The van der Waals surface area contributed by atoms with Gasteiger partial charge in [-0.2, -0.15) is 31.3 Å². The lowest BCUT2D eigenvalue weighted by Gasteiger charge is -2.15. The van der Waals surface area contributed by atoms with Crippen LogP contribution in [0.25, 0.3) is 0 Å². The molecule has 1 aromatic heterocycles. The fraction of sp³-hybridized carbons (Fsp3) is 0.267. The summed E-state index contributed by atoms with van der Waals surface area (Å²) in [6.07, 6.45) is -9.00. The van der Waals surface area contributed by atoms with Gasteiger partial charge >= 0.3 is 24.4 Å². The van der Waals surface area contributed by atoms with Gasteiger partial charge in [-0.15, -0.1) is 0 Å². The molecular formula is C15H12F6N4O3. The van der Waals surface area contributed by atoms with Crippen molar-refractivity contribution in [2.75, 3.05) is 24.9 Å². The third-order valence-electron chi connectivity index (χ3n) is 3.20. The second-order valence-electron chi connectivity index (χ2n) is 5.15. The molecule has 2 amide bonds. The zero-order chi connectivity index (χ0) is 21.1. The van der Waals surface area contributed by atoms with Gasteiger partial charge < -0.3 is 20.1 Å². The molecule has 0 radical (unpaired) electrons. The molecule has 0 atom stereocenters. The van der Waals surface area contributed by atoms with Gasteiger partial charge in [0, 0.05) is 5.69 Å². The molecule has 0 unspecified atom stereocenters. The highest BCUT2D eigenvalue weighted by molar-refractivity contribution is 6.00. The van der Waals surface area contributed by atoms with Gasteiger partial charge in [0.15, 0.2) is 0 Å². The molecule has 28 heavy (non-hydrogen) atoms. The Morgan fingerprint density at radius 1 is 0.929 bits per heavy atom. The van der Waals surface area contributed by atoms with Gasteiger partial charge in [-0.1, -0.05) is 0 Å². The highest BCUT2D eigenvalue weighted by Gasteiger charge is 2.37. The molecule has 0 aliphatic carbocycles. The second-order valence-corrected chi connectivity index (χ2v) is 5.15. The number of ether oxygens (including phenoxy) is 2. The van der Waals surface area contributed by atoms with E-state index in [1.54, 1.807) is 0 Å². The van der Waals surface area contributed by atoms with E-state index < -0.39 is 35.2 Å². The molecule has 7 nitrogen and oxygen atoms in total. The fourth-order valence-electron chi connectivity index (χ4n) is 2.00. The Bertz CT molecular complexity index is 838. The van der Waals surface area contributed by atoms with Gasteiger partial charge in [-0.3, -0.25) is 0 Å². The van der Waals surface area contributed by atoms with Crippen molar-refractivity contribution in [2.24, 2.45) is 0 Å². The SMILES string of the molecule is COc1ncc(NC(=O)Nc2cc(C(F)(F)F)cc(C(F)(F)F)c2)c(OC)n1. The Balaban J connectivity index is 2.29. The summed E-state index contributed by atoms with van der Waals surface area (Å²) < 4.78 is 86.8. The van der Waals surface area contributed by atoms with Gasteiger partial charge in [-0.25, -0.2) is 9.78 Å². The number of nitrogens with zero attached hydrogens (tertiary/aromatic N) is 2. The van der Waals surface area contributed by atoms with E-state index in [2.05, 4.69) is 15.3 Å². The van der Waals surface area contributed by atoms with Crippen LogP contribution in [-0.4, -0.2) is 30.2 Å². The quantitative estimate of drug-likeness (QED) is 0.739. The number of carbonyl (C=O) groups excluding carboxylic acids is 1. The Morgan fingerprint density at radius 3 is 1.96 bits per heavy atom. The Hall–Kier alpha value is -3.25. The van der Waals surface area contributed by atoms with Crippen molar-refractivity contribution in [3.8, 4) is 11.9 Å². The maximum Gasteiger partial charge on any atom is 0.416 e. The van der Waals surface area contributed by atoms with Gasteiger partial charge in [0.2, 0.25) is 5.88 Å². The lowest BCUT2D eigenvalue weighted by molar-refractivity contribution is -0.143. The molecule has 2 N–H and O–H groups in total. The largest absolute Gasteiger partial charge is 0.479 e. The number of methoxy groups -OCH3 is 2. The summed E-state index contributed by atoms with van der Waals surface area (Å²) in [5.74, 6) is -0.137. The van der Waals surface area contributed by atoms with Crippen molar-refractivity contribution < 1.29 is 40.6 Å². The highest BCUT2D eigenvalue weighted by Crippen LogP contribution is 2.37. The van der Waals surface area contributed by atoms with E-state index >= 15 is 0 Å². The van der Waals surface area contributed by atoms with Crippen LogP contribution in [0.1, 0.15) is 11.1 Å². The number of urea groups is 1. The summed E-state index contributed by atoms with van der Waals surface area (Å²) in [5, 5.41) is 4.06. The van der Waals surface area contributed by atoms with E-state index in [1.807, 2.05) is 5.32 Å². The predicted molar refractivity (Wildman–Crippen MR) is 84.2 cm³/mol. The zero-order valence-electron chi connectivity index (χ0n) is 14.2. The first-order valence-electron chi connectivity index (χ1n) is 7.26. The third kappa shape index (κ3) is 5.14. The number of carbonyl (C=O) groups is 1. The van der Waals surface area contributed by atoms with E-state index in [1.165, 1.54) is 14.2 Å². The predicted octanol–water partition coefficient (Wildman–Crippen LogP) is 4.18. The number of hydrogen-bond donors (Lipinski definition) is 2. The van der Waals surface area contributed by atoms with Gasteiger partial charge in [-0.05, 0) is 18.2 Å². The Labute approximate surface area is 153 Å². The maximum atomic E-state index is 12.8. The average Bonchev–Trinajstić information content (AvgIpc) is 2.60. The van der Waals surface area contributed by atoms with E-state index in [4.69, 9.17) is 9.47 Å². The minimum Gasteiger partial charge on any atom is -0.479 e. The van der Waals surface area contributed by atoms with Crippen molar-refractivity contribution in [3.63, 3.8) is 0 Å². The molecular weight excluding hydrogens is 398 g/mol. The second kappa shape index (κ2) is 7.78. The highest BCUT2D eigenvalue weighted by atomic mass is 19.4. The van der Waals surface area contributed by atoms with Crippen molar-refractivity contribution in [1.29, 1.82) is 0 Å². The lowest BCUT2D eigenvalue weighted by Crippen LogP contribution is -2.21. The van der Waals surface area contributed by atoms with E-state index in [0.29, 0.717) is 12.1 Å². The molecule has 0 aliphatic heterocycles. The van der Waals surface area contributed by atoms with Gasteiger partial charge in [0.25, 0.3) is 0 Å². The first-order chi connectivity index (χ1) is 12.9. The number of aromatic nitrogens is 2. The molecule has 13 heteroatoms. The van der Waals surface area contributed by atoms with Crippen LogP contribution in [0.5, 0.6) is 11.9 Å². The van der Waals surface area contributed by atoms with Crippen molar-refractivity contribution >= 4 is 17.4 Å². The van der Waals surface area contributed by atoms with Crippen LogP contribution in [0.4, 0.5) is 42.5 Å². The number of nitrogens with one attached hydrogen (secondary N) is 2. The van der Waals surface area contributed by atoms with Crippen LogP contribution < -0.4 is 20.1 Å². The van der Waals surface area contributed by atoms with E-state index in [9.17, 15) is 31.1 Å². The normalized spacial score (nSPS) is 11.7. The van der Waals surface area contributed by atoms with Gasteiger partial charge in [0.1, 0.15) is 5.69 Å². The van der Waals surface area contributed by atoms with Gasteiger partial charge in [0.05, 0.1) is 31.5 Å². The summed E-state index contributed by atoms with van der Waals surface area (Å²) in [5.41, 5.74) is -3.94. The summed E-state index contributed by atoms with van der Waals surface area (Å²) in [7, 11) is 2.49. The first-order valence-corrected chi connectivity index (χ1v) is 7.26. The molecule has 2 rings (SSSR count). The topological polar surface area (TPSA) is 85.4 Å². The molecule has 152 valence electrons. The first kappa shape index (κ1) is 21.1. The van der Waals surface area contributed by atoms with Crippen LogP contribution in [-0.2, 0) is 12.4 Å². The van der Waals surface area contributed by atoms with E-state index in [-0.39, 0.29) is 23.6 Å². The molecule has 0 saturated carbocycles. The Kier molecular flexibility index (Phi) is 5.85. The van der Waals surface area contributed by atoms with Crippen LogP contribution >= 0.6 is 0 Å². The number of hydrogen-bond acceptors (Lipinski definition) is 5. The zero-order valence-corrected chi connectivity index (χ0v) is 14.2. The molecule has 1 heterocycles. The standard InChI is InChI=1S/C15H12F6N4O3/c1-27-11-10(6-22-13(25-11)28-2)24-12(26)23-9-4-7(14(16,17)18)3-8(5-9)15(19,20)21/h3-6H,1-2H3,(H2,23,24,26). The molecule has 1 aromatic carbocycles. The molecule has 2 aromatic rings. The summed E-state index contributed by atoms with van der Waals surface area (Å²) in [6.45, 7) is 0. The van der Waals surface area contributed by atoms with Crippen molar-refractivity contribution in [3.05, 3.63) is 35.5 Å². The number of alkyl halides is 6. The summed E-state index contributed by atoms with van der Waals surface area (Å²) in [6, 6.07) is -0.536.